The molecule has 2 aliphatic rings. The quantitative estimate of drug-likeness (QED) is 0.372. The van der Waals surface area contributed by atoms with E-state index in [9.17, 15) is 4.79 Å². The molecule has 0 spiro atoms. The molecule has 0 radical (unpaired) electrons. The van der Waals surface area contributed by atoms with Crippen molar-refractivity contribution in [2.24, 2.45) is 16.6 Å². The number of fused-ring (bicyclic) bond motifs is 1. The summed E-state index contributed by atoms with van der Waals surface area (Å²) in [6, 6.07) is 5.62. The number of carbonyl (C=O) groups excluding carboxylic acids is 1. The molecule has 1 aliphatic carbocycles. The van der Waals surface area contributed by atoms with Crippen molar-refractivity contribution >= 4 is 45.7 Å². The van der Waals surface area contributed by atoms with E-state index < -0.39 is 0 Å². The predicted molar refractivity (Wildman–Crippen MR) is 128 cm³/mol. The van der Waals surface area contributed by atoms with Gasteiger partial charge in [0.05, 0.1) is 18.0 Å². The van der Waals surface area contributed by atoms with Crippen LogP contribution in [0.1, 0.15) is 18.4 Å². The summed E-state index contributed by atoms with van der Waals surface area (Å²) in [6.45, 7) is 1.71. The number of ether oxygens (including phenoxy) is 1. The lowest BCUT2D eigenvalue weighted by atomic mass is 10.1. The number of amides is 1. The largest absolute Gasteiger partial charge is 0.383 e. The van der Waals surface area contributed by atoms with E-state index in [1.165, 1.54) is 0 Å². The number of methoxy groups -OCH3 is 1. The monoisotopic (exact) mass is 446 g/mol. The number of aromatic nitrogens is 3. The van der Waals surface area contributed by atoms with E-state index in [4.69, 9.17) is 10.5 Å². The van der Waals surface area contributed by atoms with Gasteiger partial charge >= 0.3 is 0 Å². The summed E-state index contributed by atoms with van der Waals surface area (Å²) in [4.78, 5) is 32.2. The van der Waals surface area contributed by atoms with Crippen LogP contribution in [-0.4, -0.2) is 60.0 Å². The average Bonchev–Trinajstić information content (AvgIpc) is 3.64. The third kappa shape index (κ3) is 4.29. The molecule has 1 amide bonds. The van der Waals surface area contributed by atoms with Gasteiger partial charge in [-0.1, -0.05) is 0 Å². The summed E-state index contributed by atoms with van der Waals surface area (Å²) in [5, 5.41) is 7.53. The number of hydrogen-bond acceptors (Lipinski definition) is 8. The Balaban J connectivity index is 1.43. The molecule has 3 aromatic rings. The number of carbonyl (C=O) groups is 1. The van der Waals surface area contributed by atoms with Gasteiger partial charge in [0, 0.05) is 61.9 Å². The summed E-state index contributed by atoms with van der Waals surface area (Å²) < 4.78 is 5.32. The molecular formula is C23H26N8O2. The Bertz CT molecular complexity index is 1220. The third-order valence-electron chi connectivity index (χ3n) is 6.00. The van der Waals surface area contributed by atoms with Gasteiger partial charge in [-0.25, -0.2) is 19.9 Å². The van der Waals surface area contributed by atoms with Crippen molar-refractivity contribution in [1.82, 2.24) is 15.0 Å². The van der Waals surface area contributed by atoms with Crippen molar-refractivity contribution in [2.45, 2.75) is 18.9 Å². The highest BCUT2D eigenvalue weighted by molar-refractivity contribution is 6.12. The van der Waals surface area contributed by atoms with Crippen LogP contribution in [0.15, 0.2) is 41.8 Å². The molecule has 170 valence electrons. The zero-order valence-corrected chi connectivity index (χ0v) is 18.6. The number of pyridine rings is 3. The Labute approximate surface area is 191 Å². The lowest BCUT2D eigenvalue weighted by Gasteiger charge is -2.39. The number of anilines is 3. The zero-order valence-electron chi connectivity index (χ0n) is 18.6. The van der Waals surface area contributed by atoms with E-state index in [0.29, 0.717) is 23.0 Å². The number of nitrogens with one attached hydrogen (secondary N) is 2. The third-order valence-corrected chi connectivity index (χ3v) is 6.00. The Morgan fingerprint density at radius 3 is 2.64 bits per heavy atom. The van der Waals surface area contributed by atoms with Gasteiger partial charge in [-0.05, 0) is 31.0 Å². The first-order chi connectivity index (χ1) is 16.1. The Morgan fingerprint density at radius 2 is 1.97 bits per heavy atom. The van der Waals surface area contributed by atoms with E-state index in [0.717, 1.165) is 42.4 Å². The molecule has 0 atom stereocenters. The second-order valence-electron chi connectivity index (χ2n) is 8.28. The van der Waals surface area contributed by atoms with Crippen molar-refractivity contribution in [3.8, 4) is 0 Å². The fourth-order valence-electron chi connectivity index (χ4n) is 3.79. The summed E-state index contributed by atoms with van der Waals surface area (Å²) >= 11 is 0. The number of rotatable bonds is 7. The molecule has 0 bridgehead atoms. The number of nitrogens with two attached hydrogens (primary N) is 1. The van der Waals surface area contributed by atoms with Crippen LogP contribution in [0.3, 0.4) is 0 Å². The van der Waals surface area contributed by atoms with Gasteiger partial charge in [-0.15, -0.1) is 0 Å². The zero-order chi connectivity index (χ0) is 22.9. The molecule has 33 heavy (non-hydrogen) atoms. The van der Waals surface area contributed by atoms with Gasteiger partial charge in [0.15, 0.2) is 5.82 Å². The Morgan fingerprint density at radius 1 is 1.15 bits per heavy atom. The second-order valence-corrected chi connectivity index (χ2v) is 8.28. The molecule has 1 saturated heterocycles. The number of amidine groups is 1. The lowest BCUT2D eigenvalue weighted by Crippen LogP contribution is -2.51. The van der Waals surface area contributed by atoms with Crippen LogP contribution in [0.2, 0.25) is 0 Å². The minimum Gasteiger partial charge on any atom is -0.383 e. The van der Waals surface area contributed by atoms with Gasteiger partial charge in [-0.2, -0.15) is 0 Å². The molecular weight excluding hydrogens is 420 g/mol. The molecule has 10 heteroatoms. The molecule has 0 unspecified atom stereocenters. The van der Waals surface area contributed by atoms with Crippen LogP contribution >= 0.6 is 0 Å². The fraction of sp³-hybridized carbons (Fsp3) is 0.348. The average molecular weight is 447 g/mol. The van der Waals surface area contributed by atoms with Crippen molar-refractivity contribution in [1.29, 1.82) is 0 Å². The summed E-state index contributed by atoms with van der Waals surface area (Å²) in [7, 11) is 3.52. The van der Waals surface area contributed by atoms with E-state index >= 15 is 0 Å². The molecule has 4 N–H and O–H groups in total. The fourth-order valence-corrected chi connectivity index (χ4v) is 3.79. The first-order valence-electron chi connectivity index (χ1n) is 10.9. The number of aliphatic imine (C=N–C) groups is 1. The van der Waals surface area contributed by atoms with Crippen LogP contribution in [0.25, 0.3) is 10.8 Å². The Kier molecular flexibility index (Phi) is 5.51. The van der Waals surface area contributed by atoms with Crippen LogP contribution in [0, 0.1) is 5.92 Å². The van der Waals surface area contributed by atoms with Gasteiger partial charge in [0.1, 0.15) is 17.5 Å². The highest BCUT2D eigenvalue weighted by Crippen LogP contribution is 2.31. The molecule has 1 aliphatic heterocycles. The second kappa shape index (κ2) is 8.62. The number of hydrogen-bond donors (Lipinski definition) is 3. The van der Waals surface area contributed by atoms with Crippen molar-refractivity contribution < 1.29 is 9.53 Å². The first kappa shape index (κ1) is 21.1. The predicted octanol–water partition coefficient (Wildman–Crippen LogP) is 2.29. The summed E-state index contributed by atoms with van der Waals surface area (Å²) in [5.41, 5.74) is 8.05. The lowest BCUT2D eigenvalue weighted by molar-refractivity contribution is -0.117. The normalized spacial score (nSPS) is 16.5. The smallest absolute Gasteiger partial charge is 0.228 e. The van der Waals surface area contributed by atoms with E-state index in [-0.39, 0.29) is 23.8 Å². The van der Waals surface area contributed by atoms with Crippen molar-refractivity contribution in [3.05, 3.63) is 42.4 Å². The van der Waals surface area contributed by atoms with Gasteiger partial charge < -0.3 is 26.0 Å². The van der Waals surface area contributed by atoms with E-state index in [2.05, 4.69) is 35.5 Å². The maximum absolute atomic E-state index is 12.2. The topological polar surface area (TPSA) is 131 Å². The summed E-state index contributed by atoms with van der Waals surface area (Å²) in [5.74, 6) is 2.01. The summed E-state index contributed by atoms with van der Waals surface area (Å²) in [6.07, 6.45) is 7.25. The molecule has 0 aromatic carbocycles. The van der Waals surface area contributed by atoms with Crippen LogP contribution < -0.4 is 21.3 Å². The van der Waals surface area contributed by atoms with Gasteiger partial charge in [0.2, 0.25) is 5.91 Å². The maximum atomic E-state index is 12.2. The molecule has 10 nitrogen and oxygen atoms in total. The minimum absolute atomic E-state index is 0.00347. The highest BCUT2D eigenvalue weighted by Gasteiger charge is 2.30. The molecule has 1 saturated carbocycles. The SMILES string of the molecule is CNc1ncc(C(N)=Nc2ccc(N3CC(OC)C3)cn2)c2cc(NC(=O)C3CC3)ncc12. The Hall–Kier alpha value is -3.79. The number of nitrogens with zero attached hydrogens (tertiary/aromatic N) is 5. The maximum Gasteiger partial charge on any atom is 0.228 e. The standard InChI is InChI=1S/C23H26N8O2/c1-25-22-18-10-27-20(30-23(32)13-3-4-13)7-16(18)17(9-28-22)21(24)29-19-6-5-14(8-26-19)31-11-15(12-31)33-2/h5-10,13,15H,3-4,11-12H2,1-2H3,(H,25,28)(H2,24,26,29)(H,27,30,32). The van der Waals surface area contributed by atoms with Gasteiger partial charge in [-0.3, -0.25) is 4.79 Å². The highest BCUT2D eigenvalue weighted by atomic mass is 16.5. The van der Waals surface area contributed by atoms with E-state index in [1.54, 1.807) is 32.7 Å². The molecule has 4 heterocycles. The van der Waals surface area contributed by atoms with Crippen LogP contribution in [-0.2, 0) is 9.53 Å². The first-order valence-corrected chi connectivity index (χ1v) is 10.9. The van der Waals surface area contributed by atoms with Crippen molar-refractivity contribution in [3.63, 3.8) is 0 Å². The van der Waals surface area contributed by atoms with Crippen LogP contribution in [0.5, 0.6) is 0 Å². The van der Waals surface area contributed by atoms with E-state index in [1.807, 2.05) is 18.2 Å². The van der Waals surface area contributed by atoms with Gasteiger partial charge in [0.25, 0.3) is 0 Å². The molecule has 3 aromatic heterocycles. The molecule has 5 rings (SSSR count). The van der Waals surface area contributed by atoms with Crippen LogP contribution in [0.4, 0.5) is 23.1 Å². The molecule has 2 fully saturated rings. The van der Waals surface area contributed by atoms with Crippen molar-refractivity contribution in [2.75, 3.05) is 42.8 Å². The minimum atomic E-state index is -0.00347.